The summed E-state index contributed by atoms with van der Waals surface area (Å²) in [6, 6.07) is 7.96. The number of hydrogen-bond donors (Lipinski definition) is 1. The summed E-state index contributed by atoms with van der Waals surface area (Å²) < 4.78 is 0. The number of anilines is 1. The maximum absolute atomic E-state index is 12.0. The van der Waals surface area contributed by atoms with E-state index in [0.29, 0.717) is 6.54 Å². The Morgan fingerprint density at radius 3 is 2.70 bits per heavy atom. The van der Waals surface area contributed by atoms with Gasteiger partial charge in [0.25, 0.3) is 0 Å². The zero-order chi connectivity index (χ0) is 14.5. The average molecular weight is 276 g/mol. The van der Waals surface area contributed by atoms with Gasteiger partial charge in [-0.3, -0.25) is 14.4 Å². The summed E-state index contributed by atoms with van der Waals surface area (Å²) in [5.74, 6) is -0.617. The topological polar surface area (TPSA) is 58.6 Å². The maximum atomic E-state index is 12.0. The second-order valence-electron chi connectivity index (χ2n) is 4.99. The van der Waals surface area contributed by atoms with Gasteiger partial charge in [-0.2, -0.15) is 0 Å². The van der Waals surface area contributed by atoms with Gasteiger partial charge in [-0.05, 0) is 24.1 Å². The fourth-order valence-corrected chi connectivity index (χ4v) is 2.45. The van der Waals surface area contributed by atoms with E-state index in [-0.39, 0.29) is 24.2 Å². The van der Waals surface area contributed by atoms with Gasteiger partial charge >= 0.3 is 0 Å². The SMILES string of the molecule is CCCc1ccc(N2CC(C(=O)NOC)CC2=O)cc1. The van der Waals surface area contributed by atoms with Crippen LogP contribution in [0.3, 0.4) is 0 Å². The molecule has 1 N–H and O–H groups in total. The molecule has 0 spiro atoms. The van der Waals surface area contributed by atoms with Gasteiger partial charge in [0.05, 0.1) is 13.0 Å². The molecular formula is C15H20N2O3. The number of carbonyl (C=O) groups excluding carboxylic acids is 2. The second-order valence-corrected chi connectivity index (χ2v) is 4.99. The van der Waals surface area contributed by atoms with Gasteiger partial charge in [0.2, 0.25) is 11.8 Å². The molecule has 5 nitrogen and oxygen atoms in total. The van der Waals surface area contributed by atoms with Crippen molar-refractivity contribution >= 4 is 17.5 Å². The van der Waals surface area contributed by atoms with E-state index in [4.69, 9.17) is 0 Å². The fourth-order valence-electron chi connectivity index (χ4n) is 2.45. The summed E-state index contributed by atoms with van der Waals surface area (Å²) in [5, 5.41) is 0. The third-order valence-electron chi connectivity index (χ3n) is 3.49. The highest BCUT2D eigenvalue weighted by atomic mass is 16.6. The predicted octanol–water partition coefficient (Wildman–Crippen LogP) is 1.67. The number of amides is 2. The minimum atomic E-state index is -0.349. The Morgan fingerprint density at radius 1 is 1.40 bits per heavy atom. The lowest BCUT2D eigenvalue weighted by atomic mass is 10.1. The van der Waals surface area contributed by atoms with Crippen LogP contribution in [0, 0.1) is 5.92 Å². The lowest BCUT2D eigenvalue weighted by Crippen LogP contribution is -2.32. The molecular weight excluding hydrogens is 256 g/mol. The van der Waals surface area contributed by atoms with Crippen molar-refractivity contribution in [1.82, 2.24) is 5.48 Å². The van der Waals surface area contributed by atoms with Crippen LogP contribution in [0.5, 0.6) is 0 Å². The summed E-state index contributed by atoms with van der Waals surface area (Å²) in [4.78, 5) is 30.0. The third kappa shape index (κ3) is 3.17. The molecule has 1 aromatic carbocycles. The van der Waals surface area contributed by atoms with E-state index in [2.05, 4.69) is 17.2 Å². The molecule has 20 heavy (non-hydrogen) atoms. The van der Waals surface area contributed by atoms with E-state index < -0.39 is 0 Å². The summed E-state index contributed by atoms with van der Waals surface area (Å²) in [7, 11) is 1.39. The Bertz CT molecular complexity index is 484. The second kappa shape index (κ2) is 6.52. The fraction of sp³-hybridized carbons (Fsp3) is 0.467. The van der Waals surface area contributed by atoms with Crippen molar-refractivity contribution in [3.05, 3.63) is 29.8 Å². The highest BCUT2D eigenvalue weighted by molar-refractivity contribution is 6.00. The van der Waals surface area contributed by atoms with Crippen molar-refractivity contribution in [3.63, 3.8) is 0 Å². The van der Waals surface area contributed by atoms with Crippen LogP contribution in [0.2, 0.25) is 0 Å². The lowest BCUT2D eigenvalue weighted by Gasteiger charge is -2.17. The zero-order valence-corrected chi connectivity index (χ0v) is 11.9. The molecule has 1 fully saturated rings. The summed E-state index contributed by atoms with van der Waals surface area (Å²) in [6.07, 6.45) is 2.36. The molecule has 0 aliphatic carbocycles. The Balaban J connectivity index is 2.05. The number of nitrogens with one attached hydrogen (secondary N) is 1. The first-order valence-electron chi connectivity index (χ1n) is 6.87. The number of hydrogen-bond acceptors (Lipinski definition) is 3. The average Bonchev–Trinajstić information content (AvgIpc) is 2.83. The minimum Gasteiger partial charge on any atom is -0.312 e. The molecule has 2 amide bonds. The summed E-state index contributed by atoms with van der Waals surface area (Å²) in [5.41, 5.74) is 4.40. The van der Waals surface area contributed by atoms with Crippen LogP contribution in [0.25, 0.3) is 0 Å². The summed E-state index contributed by atoms with van der Waals surface area (Å²) >= 11 is 0. The van der Waals surface area contributed by atoms with E-state index >= 15 is 0 Å². The molecule has 1 heterocycles. The number of carbonyl (C=O) groups is 2. The number of nitrogens with zero attached hydrogens (tertiary/aromatic N) is 1. The highest BCUT2D eigenvalue weighted by Crippen LogP contribution is 2.25. The Hall–Kier alpha value is -1.88. The van der Waals surface area contributed by atoms with Gasteiger partial charge in [0, 0.05) is 18.7 Å². The van der Waals surface area contributed by atoms with Crippen LogP contribution in [0.4, 0.5) is 5.69 Å². The van der Waals surface area contributed by atoms with E-state index in [1.165, 1.54) is 12.7 Å². The summed E-state index contributed by atoms with van der Waals surface area (Å²) in [6.45, 7) is 2.54. The van der Waals surface area contributed by atoms with Gasteiger partial charge in [0.15, 0.2) is 0 Å². The molecule has 0 bridgehead atoms. The van der Waals surface area contributed by atoms with Gasteiger partial charge in [0.1, 0.15) is 0 Å². The normalized spacial score (nSPS) is 18.4. The van der Waals surface area contributed by atoms with E-state index in [0.717, 1.165) is 18.5 Å². The quantitative estimate of drug-likeness (QED) is 0.832. The van der Waals surface area contributed by atoms with Crippen molar-refractivity contribution in [2.24, 2.45) is 5.92 Å². The number of hydroxylamine groups is 1. The van der Waals surface area contributed by atoms with E-state index in [9.17, 15) is 9.59 Å². The number of rotatable bonds is 5. The zero-order valence-electron chi connectivity index (χ0n) is 11.9. The van der Waals surface area contributed by atoms with Gasteiger partial charge < -0.3 is 4.90 Å². The molecule has 1 unspecified atom stereocenters. The van der Waals surface area contributed by atoms with Gasteiger partial charge in [-0.15, -0.1) is 0 Å². The van der Waals surface area contributed by atoms with Gasteiger partial charge in [-0.25, -0.2) is 5.48 Å². The van der Waals surface area contributed by atoms with Crippen LogP contribution in [-0.4, -0.2) is 25.5 Å². The first-order valence-corrected chi connectivity index (χ1v) is 6.87. The number of benzene rings is 1. The molecule has 0 radical (unpaired) electrons. The van der Waals surface area contributed by atoms with Crippen LogP contribution >= 0.6 is 0 Å². The standard InChI is InChI=1S/C15H20N2O3/c1-3-4-11-5-7-13(8-6-11)17-10-12(9-14(17)18)15(19)16-20-2/h5-8,12H,3-4,9-10H2,1-2H3,(H,16,19). The van der Waals surface area contributed by atoms with Crippen LogP contribution < -0.4 is 10.4 Å². The molecule has 1 aliphatic rings. The largest absolute Gasteiger partial charge is 0.312 e. The molecule has 1 saturated heterocycles. The van der Waals surface area contributed by atoms with Crippen molar-refractivity contribution in [3.8, 4) is 0 Å². The Morgan fingerprint density at radius 2 is 2.10 bits per heavy atom. The van der Waals surface area contributed by atoms with Crippen molar-refractivity contribution in [1.29, 1.82) is 0 Å². The first kappa shape index (κ1) is 14.5. The Labute approximate surface area is 118 Å². The van der Waals surface area contributed by atoms with E-state index in [1.807, 2.05) is 24.3 Å². The monoisotopic (exact) mass is 276 g/mol. The third-order valence-corrected chi connectivity index (χ3v) is 3.49. The van der Waals surface area contributed by atoms with Crippen LogP contribution in [-0.2, 0) is 20.8 Å². The molecule has 2 rings (SSSR count). The molecule has 1 aromatic rings. The van der Waals surface area contributed by atoms with Crippen LogP contribution in [0.15, 0.2) is 24.3 Å². The highest BCUT2D eigenvalue weighted by Gasteiger charge is 2.35. The molecule has 108 valence electrons. The minimum absolute atomic E-state index is 0.0236. The van der Waals surface area contributed by atoms with E-state index in [1.54, 1.807) is 4.90 Å². The smallest absolute Gasteiger partial charge is 0.248 e. The molecule has 1 atom stereocenters. The molecule has 0 saturated carbocycles. The van der Waals surface area contributed by atoms with Crippen molar-refractivity contribution in [2.45, 2.75) is 26.2 Å². The Kier molecular flexibility index (Phi) is 4.74. The van der Waals surface area contributed by atoms with Crippen molar-refractivity contribution in [2.75, 3.05) is 18.6 Å². The maximum Gasteiger partial charge on any atom is 0.248 e. The first-order chi connectivity index (χ1) is 9.65. The lowest BCUT2D eigenvalue weighted by molar-refractivity contribution is -0.135. The number of aryl methyl sites for hydroxylation is 1. The molecule has 5 heteroatoms. The predicted molar refractivity (Wildman–Crippen MR) is 76.0 cm³/mol. The van der Waals surface area contributed by atoms with Crippen LogP contribution in [0.1, 0.15) is 25.3 Å². The molecule has 0 aromatic heterocycles. The molecule has 1 aliphatic heterocycles. The van der Waals surface area contributed by atoms with Crippen molar-refractivity contribution < 1.29 is 14.4 Å². The van der Waals surface area contributed by atoms with Gasteiger partial charge in [-0.1, -0.05) is 25.5 Å².